The van der Waals surface area contributed by atoms with Crippen molar-refractivity contribution in [2.45, 2.75) is 50.2 Å². The number of likely N-dealkylation sites (tertiary alicyclic amines) is 1. The Bertz CT molecular complexity index is 755. The Kier molecular flexibility index (Phi) is 4.34. The standard InChI is InChI=1S/C18H23F3N2O2S/c19-18(20,21)16-4-2-14(10-22-16)13-1-3-15(9-13)23-7-5-17(6-8-23)11-26(24,25)12-17/h2,4,10,13,15H,1,3,5-9,11-12H2/t13-,15+/m1/s1. The van der Waals surface area contributed by atoms with E-state index in [1.54, 1.807) is 6.07 Å². The van der Waals surface area contributed by atoms with Gasteiger partial charge >= 0.3 is 6.18 Å². The molecule has 4 rings (SSSR count). The number of sulfone groups is 1. The van der Waals surface area contributed by atoms with Gasteiger partial charge in [-0.15, -0.1) is 0 Å². The zero-order valence-corrected chi connectivity index (χ0v) is 15.3. The van der Waals surface area contributed by atoms with E-state index in [9.17, 15) is 21.6 Å². The molecule has 26 heavy (non-hydrogen) atoms. The van der Waals surface area contributed by atoms with Gasteiger partial charge in [0.1, 0.15) is 5.69 Å². The van der Waals surface area contributed by atoms with Gasteiger partial charge in [0.2, 0.25) is 0 Å². The van der Waals surface area contributed by atoms with E-state index >= 15 is 0 Å². The lowest BCUT2D eigenvalue weighted by Gasteiger charge is -2.48. The number of halogens is 3. The van der Waals surface area contributed by atoms with Crippen LogP contribution < -0.4 is 0 Å². The molecule has 1 aromatic rings. The lowest BCUT2D eigenvalue weighted by Crippen LogP contribution is -2.55. The van der Waals surface area contributed by atoms with Crippen LogP contribution in [0, 0.1) is 5.41 Å². The molecule has 2 aliphatic heterocycles. The average molecular weight is 388 g/mol. The number of piperidine rings is 1. The largest absolute Gasteiger partial charge is 0.433 e. The normalized spacial score (nSPS) is 31.0. The summed E-state index contributed by atoms with van der Waals surface area (Å²) in [5, 5.41) is 0. The first kappa shape index (κ1) is 18.2. The zero-order chi connectivity index (χ0) is 18.6. The summed E-state index contributed by atoms with van der Waals surface area (Å²) in [5.41, 5.74) is 0.0664. The highest BCUT2D eigenvalue weighted by Gasteiger charge is 2.50. The van der Waals surface area contributed by atoms with Crippen LogP contribution in [0.5, 0.6) is 0 Å². The van der Waals surface area contributed by atoms with Crippen molar-refractivity contribution in [3.63, 3.8) is 0 Å². The molecular weight excluding hydrogens is 365 g/mol. The highest BCUT2D eigenvalue weighted by molar-refractivity contribution is 7.92. The van der Waals surface area contributed by atoms with Crippen LogP contribution in [-0.2, 0) is 16.0 Å². The maximum absolute atomic E-state index is 12.6. The number of pyridine rings is 1. The molecule has 0 amide bonds. The quantitative estimate of drug-likeness (QED) is 0.781. The number of hydrogen-bond donors (Lipinski definition) is 0. The molecule has 1 aromatic heterocycles. The van der Waals surface area contributed by atoms with Crippen LogP contribution in [0.3, 0.4) is 0 Å². The summed E-state index contributed by atoms with van der Waals surface area (Å²) in [4.78, 5) is 6.04. The zero-order valence-electron chi connectivity index (χ0n) is 14.5. The first-order valence-corrected chi connectivity index (χ1v) is 11.0. The van der Waals surface area contributed by atoms with Gasteiger partial charge in [0.25, 0.3) is 0 Å². The van der Waals surface area contributed by atoms with Crippen LogP contribution in [0.4, 0.5) is 13.2 Å². The Labute approximate surface area is 151 Å². The predicted molar refractivity (Wildman–Crippen MR) is 91.5 cm³/mol. The van der Waals surface area contributed by atoms with Crippen molar-refractivity contribution in [3.8, 4) is 0 Å². The number of aromatic nitrogens is 1. The second-order valence-corrected chi connectivity index (χ2v) is 10.3. The summed E-state index contributed by atoms with van der Waals surface area (Å²) in [6.45, 7) is 1.86. The van der Waals surface area contributed by atoms with Crippen molar-refractivity contribution < 1.29 is 21.6 Å². The predicted octanol–water partition coefficient (Wildman–Crippen LogP) is 3.25. The Hall–Kier alpha value is -1.15. The maximum Gasteiger partial charge on any atom is 0.433 e. The molecule has 3 heterocycles. The highest BCUT2D eigenvalue weighted by Crippen LogP contribution is 2.45. The van der Waals surface area contributed by atoms with Gasteiger partial charge in [0.05, 0.1) is 11.5 Å². The minimum atomic E-state index is -4.39. The van der Waals surface area contributed by atoms with E-state index in [0.717, 1.165) is 56.8 Å². The summed E-state index contributed by atoms with van der Waals surface area (Å²) in [6.07, 6.45) is 1.81. The van der Waals surface area contributed by atoms with Gasteiger partial charge < -0.3 is 4.90 Å². The fourth-order valence-electron chi connectivity index (χ4n) is 4.95. The fraction of sp³-hybridized carbons (Fsp3) is 0.722. The Balaban J connectivity index is 1.33. The summed E-state index contributed by atoms with van der Waals surface area (Å²) in [7, 11) is -2.79. The van der Waals surface area contributed by atoms with Crippen molar-refractivity contribution in [2.24, 2.45) is 5.41 Å². The molecular formula is C18H23F3N2O2S. The summed E-state index contributed by atoms with van der Waals surface area (Å²) >= 11 is 0. The van der Waals surface area contributed by atoms with E-state index in [1.807, 2.05) is 0 Å². The molecule has 3 fully saturated rings. The van der Waals surface area contributed by atoms with Gasteiger partial charge in [-0.05, 0) is 62.7 Å². The highest BCUT2D eigenvalue weighted by atomic mass is 32.2. The molecule has 1 spiro atoms. The van der Waals surface area contributed by atoms with E-state index in [2.05, 4.69) is 9.88 Å². The summed E-state index contributed by atoms with van der Waals surface area (Å²) < 4.78 is 60.9. The molecule has 144 valence electrons. The molecule has 2 atom stereocenters. The van der Waals surface area contributed by atoms with Crippen molar-refractivity contribution in [2.75, 3.05) is 24.6 Å². The van der Waals surface area contributed by atoms with Crippen molar-refractivity contribution >= 4 is 9.84 Å². The molecule has 0 bridgehead atoms. The monoisotopic (exact) mass is 388 g/mol. The van der Waals surface area contributed by atoms with Gasteiger partial charge in [-0.25, -0.2) is 8.42 Å². The van der Waals surface area contributed by atoms with E-state index in [4.69, 9.17) is 0 Å². The third-order valence-electron chi connectivity index (χ3n) is 6.38. The van der Waals surface area contributed by atoms with E-state index in [-0.39, 0.29) is 11.3 Å². The number of rotatable bonds is 2. The minimum Gasteiger partial charge on any atom is -0.300 e. The molecule has 1 aliphatic carbocycles. The third-order valence-corrected chi connectivity index (χ3v) is 8.48. The number of alkyl halides is 3. The molecule has 3 aliphatic rings. The second-order valence-electron chi connectivity index (χ2n) is 8.21. The SMILES string of the molecule is O=S1(=O)CC2(CCN([C@H]3CC[C@@H](c4ccc(C(F)(F)F)nc4)C3)CC2)C1. The minimum absolute atomic E-state index is 0.0185. The molecule has 8 heteroatoms. The molecule has 0 aromatic carbocycles. The van der Waals surface area contributed by atoms with Gasteiger partial charge in [0.15, 0.2) is 9.84 Å². The van der Waals surface area contributed by atoms with Gasteiger partial charge in [0, 0.05) is 17.7 Å². The lowest BCUT2D eigenvalue weighted by molar-refractivity contribution is -0.141. The molecule has 0 N–H and O–H groups in total. The molecule has 0 radical (unpaired) electrons. The maximum atomic E-state index is 12.6. The van der Waals surface area contributed by atoms with Crippen LogP contribution in [0.1, 0.15) is 49.3 Å². The second kappa shape index (κ2) is 6.19. The van der Waals surface area contributed by atoms with Gasteiger partial charge in [-0.2, -0.15) is 13.2 Å². The van der Waals surface area contributed by atoms with Crippen LogP contribution in [0.2, 0.25) is 0 Å². The summed E-state index contributed by atoms with van der Waals surface area (Å²) in [5.74, 6) is 0.950. The number of nitrogens with zero attached hydrogens (tertiary/aromatic N) is 2. The van der Waals surface area contributed by atoms with Gasteiger partial charge in [-0.3, -0.25) is 4.98 Å². The first-order valence-electron chi connectivity index (χ1n) is 9.14. The molecule has 4 nitrogen and oxygen atoms in total. The Morgan fingerprint density at radius 1 is 1.12 bits per heavy atom. The summed E-state index contributed by atoms with van der Waals surface area (Å²) in [6, 6.07) is 3.08. The topological polar surface area (TPSA) is 50.3 Å². The Morgan fingerprint density at radius 2 is 1.81 bits per heavy atom. The first-order chi connectivity index (χ1) is 12.2. The van der Waals surface area contributed by atoms with Gasteiger partial charge in [-0.1, -0.05) is 6.07 Å². The van der Waals surface area contributed by atoms with Crippen LogP contribution in [-0.4, -0.2) is 48.9 Å². The van der Waals surface area contributed by atoms with E-state index in [1.165, 1.54) is 6.20 Å². The molecule has 1 saturated carbocycles. The number of hydrogen-bond acceptors (Lipinski definition) is 4. The van der Waals surface area contributed by atoms with Crippen molar-refractivity contribution in [1.29, 1.82) is 0 Å². The van der Waals surface area contributed by atoms with Crippen molar-refractivity contribution in [1.82, 2.24) is 9.88 Å². The van der Waals surface area contributed by atoms with Crippen LogP contribution in [0.25, 0.3) is 0 Å². The molecule has 2 saturated heterocycles. The average Bonchev–Trinajstić information content (AvgIpc) is 3.03. The lowest BCUT2D eigenvalue weighted by atomic mass is 9.80. The smallest absolute Gasteiger partial charge is 0.300 e. The molecule has 0 unspecified atom stereocenters. The van der Waals surface area contributed by atoms with Crippen molar-refractivity contribution in [3.05, 3.63) is 29.6 Å². The van der Waals surface area contributed by atoms with E-state index in [0.29, 0.717) is 17.5 Å². The third kappa shape index (κ3) is 3.50. The van der Waals surface area contributed by atoms with Crippen LogP contribution in [0.15, 0.2) is 18.3 Å². The van der Waals surface area contributed by atoms with Crippen LogP contribution >= 0.6 is 0 Å². The Morgan fingerprint density at radius 3 is 2.35 bits per heavy atom. The van der Waals surface area contributed by atoms with E-state index < -0.39 is 21.7 Å². The fourth-order valence-corrected chi connectivity index (χ4v) is 7.31.